The number of piperidine rings is 1. The second-order valence-electron chi connectivity index (χ2n) is 9.75. The van der Waals surface area contributed by atoms with E-state index in [0.717, 1.165) is 63.2 Å². The third-order valence-corrected chi connectivity index (χ3v) is 7.39. The fourth-order valence-corrected chi connectivity index (χ4v) is 4.93. The van der Waals surface area contributed by atoms with Gasteiger partial charge in [0.1, 0.15) is 0 Å². The Morgan fingerprint density at radius 3 is 2.44 bits per heavy atom. The summed E-state index contributed by atoms with van der Waals surface area (Å²) in [6, 6.07) is 12.1. The molecule has 7 heteroatoms. The molecule has 5 rings (SSSR count). The van der Waals surface area contributed by atoms with Crippen molar-refractivity contribution in [1.82, 2.24) is 15.1 Å². The number of likely N-dealkylation sites (tertiary alicyclic amines) is 1. The number of aromatic nitrogens is 2. The average molecular weight is 434 g/mol. The number of anilines is 2. The molecule has 1 aromatic heterocycles. The van der Waals surface area contributed by atoms with Gasteiger partial charge in [0, 0.05) is 43.5 Å². The molecule has 2 aromatic rings. The SMILES string of the molecule is CC1(C(=O)N2CCC(c3ccc(NC(=O)[C@H]4CCN(c5cccnn5)C4)cc3)CC2)CC1. The van der Waals surface area contributed by atoms with Crippen molar-refractivity contribution in [2.75, 3.05) is 36.4 Å². The van der Waals surface area contributed by atoms with Gasteiger partial charge in [0.15, 0.2) is 5.82 Å². The Hall–Kier alpha value is -2.96. The molecule has 168 valence electrons. The van der Waals surface area contributed by atoms with Crippen LogP contribution in [0.3, 0.4) is 0 Å². The van der Waals surface area contributed by atoms with E-state index in [1.807, 2.05) is 24.3 Å². The van der Waals surface area contributed by atoms with Crippen LogP contribution in [0.1, 0.15) is 50.5 Å². The Kier molecular flexibility index (Phi) is 5.57. The summed E-state index contributed by atoms with van der Waals surface area (Å²) in [7, 11) is 0. The minimum Gasteiger partial charge on any atom is -0.354 e. The Balaban J connectivity index is 1.12. The van der Waals surface area contributed by atoms with Crippen LogP contribution in [-0.2, 0) is 9.59 Å². The van der Waals surface area contributed by atoms with Crippen LogP contribution in [0.5, 0.6) is 0 Å². The lowest BCUT2D eigenvalue weighted by atomic mass is 9.88. The second-order valence-corrected chi connectivity index (χ2v) is 9.75. The number of benzene rings is 1. The zero-order chi connectivity index (χ0) is 22.1. The third kappa shape index (κ3) is 4.33. The van der Waals surface area contributed by atoms with Gasteiger partial charge < -0.3 is 15.1 Å². The van der Waals surface area contributed by atoms with Crippen LogP contribution in [0.25, 0.3) is 0 Å². The average Bonchev–Trinajstić information content (AvgIpc) is 3.39. The fourth-order valence-electron chi connectivity index (χ4n) is 4.93. The summed E-state index contributed by atoms with van der Waals surface area (Å²) in [5, 5.41) is 11.1. The summed E-state index contributed by atoms with van der Waals surface area (Å²) < 4.78 is 0. The summed E-state index contributed by atoms with van der Waals surface area (Å²) in [4.78, 5) is 29.5. The minimum absolute atomic E-state index is 0.0492. The molecule has 3 heterocycles. The molecule has 32 heavy (non-hydrogen) atoms. The number of nitrogens with zero attached hydrogens (tertiary/aromatic N) is 4. The normalized spacial score (nSPS) is 22.6. The van der Waals surface area contributed by atoms with Gasteiger partial charge >= 0.3 is 0 Å². The lowest BCUT2D eigenvalue weighted by Gasteiger charge is -2.34. The number of rotatable bonds is 5. The molecule has 3 aliphatic rings. The maximum absolute atomic E-state index is 12.8. The first kappa shape index (κ1) is 20.9. The van der Waals surface area contributed by atoms with Gasteiger partial charge in [-0.2, -0.15) is 5.10 Å². The Morgan fingerprint density at radius 2 is 1.78 bits per heavy atom. The zero-order valence-corrected chi connectivity index (χ0v) is 18.7. The lowest BCUT2D eigenvalue weighted by molar-refractivity contribution is -0.137. The largest absolute Gasteiger partial charge is 0.354 e. The molecule has 2 saturated heterocycles. The molecule has 0 unspecified atom stereocenters. The van der Waals surface area contributed by atoms with Crippen molar-refractivity contribution in [1.29, 1.82) is 0 Å². The van der Waals surface area contributed by atoms with Crippen LogP contribution < -0.4 is 10.2 Å². The van der Waals surface area contributed by atoms with E-state index >= 15 is 0 Å². The van der Waals surface area contributed by atoms with Gasteiger partial charge in [0.2, 0.25) is 11.8 Å². The molecule has 7 nitrogen and oxygen atoms in total. The maximum Gasteiger partial charge on any atom is 0.229 e. The van der Waals surface area contributed by atoms with Gasteiger partial charge in [-0.05, 0) is 67.9 Å². The lowest BCUT2D eigenvalue weighted by Crippen LogP contribution is -2.41. The standard InChI is InChI=1S/C25H31N5O2/c1-25(11-12-25)24(32)29-14-8-19(9-15-29)18-4-6-21(7-5-18)27-23(31)20-10-16-30(17-20)22-3-2-13-26-28-22/h2-7,13,19-20H,8-12,14-17H2,1H3,(H,27,31)/t20-/m0/s1. The third-order valence-electron chi connectivity index (χ3n) is 7.39. The van der Waals surface area contributed by atoms with E-state index in [1.165, 1.54) is 5.56 Å². The highest BCUT2D eigenvalue weighted by Crippen LogP contribution is 2.47. The highest BCUT2D eigenvalue weighted by molar-refractivity contribution is 5.93. The van der Waals surface area contributed by atoms with Gasteiger partial charge in [0.05, 0.1) is 5.92 Å². The van der Waals surface area contributed by atoms with Gasteiger partial charge in [-0.25, -0.2) is 0 Å². The van der Waals surface area contributed by atoms with Crippen LogP contribution in [0, 0.1) is 11.3 Å². The van der Waals surface area contributed by atoms with Crippen LogP contribution >= 0.6 is 0 Å². The van der Waals surface area contributed by atoms with Crippen molar-refractivity contribution >= 4 is 23.3 Å². The van der Waals surface area contributed by atoms with E-state index in [-0.39, 0.29) is 17.2 Å². The summed E-state index contributed by atoms with van der Waals surface area (Å²) in [5.41, 5.74) is 2.06. The molecule has 1 N–H and O–H groups in total. The van der Waals surface area contributed by atoms with Crippen LogP contribution in [-0.4, -0.2) is 53.1 Å². The minimum atomic E-state index is -0.0719. The van der Waals surface area contributed by atoms with E-state index in [1.54, 1.807) is 6.20 Å². The predicted molar refractivity (Wildman–Crippen MR) is 123 cm³/mol. The summed E-state index contributed by atoms with van der Waals surface area (Å²) in [6.07, 6.45) is 6.57. The van der Waals surface area contributed by atoms with Crippen molar-refractivity contribution in [2.24, 2.45) is 11.3 Å². The van der Waals surface area contributed by atoms with E-state index in [9.17, 15) is 9.59 Å². The number of nitrogens with one attached hydrogen (secondary N) is 1. The molecule has 3 fully saturated rings. The molecular weight excluding hydrogens is 402 g/mol. The summed E-state index contributed by atoms with van der Waals surface area (Å²) in [5.74, 6) is 1.66. The van der Waals surface area contributed by atoms with Crippen LogP contribution in [0.4, 0.5) is 11.5 Å². The van der Waals surface area contributed by atoms with Gasteiger partial charge in [-0.1, -0.05) is 19.1 Å². The fraction of sp³-hybridized carbons (Fsp3) is 0.520. The molecule has 1 aliphatic carbocycles. The molecule has 0 radical (unpaired) electrons. The summed E-state index contributed by atoms with van der Waals surface area (Å²) >= 11 is 0. The highest BCUT2D eigenvalue weighted by atomic mass is 16.2. The molecular formula is C25H31N5O2. The number of amides is 2. The van der Waals surface area contributed by atoms with E-state index in [0.29, 0.717) is 18.4 Å². The predicted octanol–water partition coefficient (Wildman–Crippen LogP) is 3.45. The van der Waals surface area contributed by atoms with Crippen molar-refractivity contribution < 1.29 is 9.59 Å². The summed E-state index contributed by atoms with van der Waals surface area (Å²) in [6.45, 7) is 5.27. The van der Waals surface area contributed by atoms with Crippen molar-refractivity contribution in [3.8, 4) is 0 Å². The monoisotopic (exact) mass is 433 g/mol. The van der Waals surface area contributed by atoms with Crippen molar-refractivity contribution in [3.63, 3.8) is 0 Å². The van der Waals surface area contributed by atoms with E-state index in [2.05, 4.69) is 44.4 Å². The number of carbonyl (C=O) groups excluding carboxylic acids is 2. The first-order valence-electron chi connectivity index (χ1n) is 11.7. The Morgan fingerprint density at radius 1 is 1.03 bits per heavy atom. The molecule has 1 aromatic carbocycles. The quantitative estimate of drug-likeness (QED) is 0.781. The Bertz CT molecular complexity index is 966. The van der Waals surface area contributed by atoms with Crippen LogP contribution in [0.15, 0.2) is 42.6 Å². The topological polar surface area (TPSA) is 78.4 Å². The molecule has 0 bridgehead atoms. The van der Waals surface area contributed by atoms with E-state index < -0.39 is 0 Å². The smallest absolute Gasteiger partial charge is 0.229 e. The van der Waals surface area contributed by atoms with Crippen molar-refractivity contribution in [3.05, 3.63) is 48.2 Å². The van der Waals surface area contributed by atoms with E-state index in [4.69, 9.17) is 0 Å². The first-order chi connectivity index (χ1) is 15.5. The number of hydrogen-bond donors (Lipinski definition) is 1. The molecule has 2 aliphatic heterocycles. The van der Waals surface area contributed by atoms with Gasteiger partial charge in [-0.15, -0.1) is 5.10 Å². The molecule has 2 amide bonds. The molecule has 1 atom stereocenters. The molecule has 1 saturated carbocycles. The van der Waals surface area contributed by atoms with Crippen molar-refractivity contribution in [2.45, 2.75) is 44.9 Å². The van der Waals surface area contributed by atoms with Gasteiger partial charge in [0.25, 0.3) is 0 Å². The molecule has 0 spiro atoms. The Labute approximate surface area is 189 Å². The van der Waals surface area contributed by atoms with Gasteiger partial charge in [-0.3, -0.25) is 9.59 Å². The highest BCUT2D eigenvalue weighted by Gasteiger charge is 2.47. The zero-order valence-electron chi connectivity index (χ0n) is 18.7. The van der Waals surface area contributed by atoms with Crippen LogP contribution in [0.2, 0.25) is 0 Å². The number of hydrogen-bond acceptors (Lipinski definition) is 5. The second kappa shape index (κ2) is 8.52. The first-order valence-corrected chi connectivity index (χ1v) is 11.7. The number of carbonyl (C=O) groups is 2. The maximum atomic E-state index is 12.8.